The predicted octanol–water partition coefficient (Wildman–Crippen LogP) is 3.59. The summed E-state index contributed by atoms with van der Waals surface area (Å²) in [7, 11) is 0. The molecule has 1 aliphatic heterocycles. The summed E-state index contributed by atoms with van der Waals surface area (Å²) in [5, 5.41) is 3.59. The van der Waals surface area contributed by atoms with E-state index >= 15 is 0 Å². The average molecular weight is 304 g/mol. The van der Waals surface area contributed by atoms with E-state index < -0.39 is 0 Å². The zero-order valence-corrected chi connectivity index (χ0v) is 11.9. The van der Waals surface area contributed by atoms with Crippen LogP contribution in [0, 0.1) is 5.92 Å². The van der Waals surface area contributed by atoms with Crippen molar-refractivity contribution in [2.75, 3.05) is 19.8 Å². The first-order valence-electron chi connectivity index (χ1n) is 5.87. The number of nitrogens with one attached hydrogen (secondary N) is 1. The Balaban J connectivity index is 2.09. The van der Waals surface area contributed by atoms with E-state index in [1.165, 1.54) is 21.5 Å². The van der Waals surface area contributed by atoms with E-state index in [9.17, 15) is 0 Å². The maximum Gasteiger partial charge on any atom is 0.0701 e. The fraction of sp³-hybridized carbons (Fsp3) is 0.667. The predicted molar refractivity (Wildman–Crippen MR) is 72.0 cm³/mol. The molecule has 0 radical (unpaired) electrons. The molecule has 0 bridgehead atoms. The monoisotopic (exact) mass is 303 g/mol. The SMILES string of the molecule is CCNC(c1ccc(Br)s1)C1CCCOC1. The molecule has 1 fully saturated rings. The molecular formula is C12H18BrNOS. The van der Waals surface area contributed by atoms with Gasteiger partial charge in [-0.25, -0.2) is 0 Å². The third-order valence-electron chi connectivity index (χ3n) is 2.99. The van der Waals surface area contributed by atoms with Crippen LogP contribution in [0.2, 0.25) is 0 Å². The highest BCUT2D eigenvalue weighted by Crippen LogP contribution is 2.34. The molecule has 4 heteroatoms. The quantitative estimate of drug-likeness (QED) is 0.918. The van der Waals surface area contributed by atoms with Gasteiger partial charge in [-0.05, 0) is 47.4 Å². The van der Waals surface area contributed by atoms with E-state index in [0.717, 1.165) is 19.8 Å². The van der Waals surface area contributed by atoms with Crippen LogP contribution in [0.25, 0.3) is 0 Å². The van der Waals surface area contributed by atoms with Crippen molar-refractivity contribution < 1.29 is 4.74 Å². The molecule has 1 aromatic heterocycles. The highest BCUT2D eigenvalue weighted by molar-refractivity contribution is 9.11. The minimum atomic E-state index is 0.460. The minimum absolute atomic E-state index is 0.460. The van der Waals surface area contributed by atoms with Gasteiger partial charge in [0.05, 0.1) is 10.4 Å². The van der Waals surface area contributed by atoms with E-state index in [1.54, 1.807) is 0 Å². The molecule has 0 saturated carbocycles. The summed E-state index contributed by atoms with van der Waals surface area (Å²) >= 11 is 5.36. The lowest BCUT2D eigenvalue weighted by atomic mass is 9.92. The van der Waals surface area contributed by atoms with Crippen molar-refractivity contribution in [2.45, 2.75) is 25.8 Å². The van der Waals surface area contributed by atoms with Crippen LogP contribution < -0.4 is 5.32 Å². The zero-order valence-electron chi connectivity index (χ0n) is 9.54. The van der Waals surface area contributed by atoms with Crippen LogP contribution in [0.4, 0.5) is 0 Å². The average Bonchev–Trinajstić information content (AvgIpc) is 2.74. The van der Waals surface area contributed by atoms with Crippen molar-refractivity contribution in [1.82, 2.24) is 5.32 Å². The van der Waals surface area contributed by atoms with Crippen LogP contribution in [0.3, 0.4) is 0 Å². The fourth-order valence-corrected chi connectivity index (χ4v) is 3.84. The number of ether oxygens (including phenoxy) is 1. The first kappa shape index (κ1) is 12.6. The van der Waals surface area contributed by atoms with Gasteiger partial charge in [-0.2, -0.15) is 0 Å². The van der Waals surface area contributed by atoms with Gasteiger partial charge in [-0.15, -0.1) is 11.3 Å². The van der Waals surface area contributed by atoms with E-state index in [1.807, 2.05) is 11.3 Å². The van der Waals surface area contributed by atoms with Gasteiger partial charge in [0.2, 0.25) is 0 Å². The first-order valence-corrected chi connectivity index (χ1v) is 7.48. The Bertz CT molecular complexity index is 323. The van der Waals surface area contributed by atoms with Crippen molar-refractivity contribution in [3.8, 4) is 0 Å². The summed E-state index contributed by atoms with van der Waals surface area (Å²) in [4.78, 5) is 1.42. The van der Waals surface area contributed by atoms with Crippen LogP contribution in [0.1, 0.15) is 30.7 Å². The maximum absolute atomic E-state index is 5.59. The molecule has 0 spiro atoms. The van der Waals surface area contributed by atoms with E-state index in [2.05, 4.69) is 40.3 Å². The van der Waals surface area contributed by atoms with Crippen molar-refractivity contribution in [3.05, 3.63) is 20.8 Å². The molecule has 2 heterocycles. The number of halogens is 1. The van der Waals surface area contributed by atoms with Gasteiger partial charge in [-0.1, -0.05) is 6.92 Å². The molecule has 1 aromatic rings. The molecule has 1 aliphatic rings. The second-order valence-electron chi connectivity index (χ2n) is 4.15. The Morgan fingerprint density at radius 3 is 3.06 bits per heavy atom. The lowest BCUT2D eigenvalue weighted by Crippen LogP contribution is -2.32. The summed E-state index contributed by atoms with van der Waals surface area (Å²) < 4.78 is 6.80. The van der Waals surface area contributed by atoms with Gasteiger partial charge in [0.25, 0.3) is 0 Å². The molecule has 16 heavy (non-hydrogen) atoms. The Hall–Kier alpha value is 0.1000. The Kier molecular flexibility index (Phi) is 4.82. The van der Waals surface area contributed by atoms with E-state index in [4.69, 9.17) is 4.74 Å². The van der Waals surface area contributed by atoms with Crippen LogP contribution in [-0.2, 0) is 4.74 Å². The Morgan fingerprint density at radius 2 is 2.50 bits per heavy atom. The van der Waals surface area contributed by atoms with E-state index in [-0.39, 0.29) is 0 Å². The second-order valence-corrected chi connectivity index (χ2v) is 6.65. The normalized spacial score (nSPS) is 23.2. The number of hydrogen-bond donors (Lipinski definition) is 1. The molecule has 2 nitrogen and oxygen atoms in total. The molecular weight excluding hydrogens is 286 g/mol. The summed E-state index contributed by atoms with van der Waals surface area (Å²) in [5.41, 5.74) is 0. The lowest BCUT2D eigenvalue weighted by Gasteiger charge is -2.30. The molecule has 0 aliphatic carbocycles. The van der Waals surface area contributed by atoms with Gasteiger partial charge in [0.15, 0.2) is 0 Å². The number of rotatable bonds is 4. The van der Waals surface area contributed by atoms with Crippen LogP contribution in [-0.4, -0.2) is 19.8 Å². The fourth-order valence-electron chi connectivity index (χ4n) is 2.24. The molecule has 0 amide bonds. The summed E-state index contributed by atoms with van der Waals surface area (Å²) in [6.45, 7) is 5.01. The summed E-state index contributed by atoms with van der Waals surface area (Å²) in [5.74, 6) is 0.624. The standard InChI is InChI=1S/C12H18BrNOS/c1-2-14-12(9-4-3-7-15-8-9)10-5-6-11(13)16-10/h5-6,9,12,14H,2-4,7-8H2,1H3. The largest absolute Gasteiger partial charge is 0.381 e. The van der Waals surface area contributed by atoms with Gasteiger partial charge >= 0.3 is 0 Å². The maximum atomic E-state index is 5.59. The Labute approximate surface area is 110 Å². The third kappa shape index (κ3) is 3.06. The topological polar surface area (TPSA) is 21.3 Å². The minimum Gasteiger partial charge on any atom is -0.381 e. The summed E-state index contributed by atoms with van der Waals surface area (Å²) in [6, 6.07) is 4.81. The van der Waals surface area contributed by atoms with Crippen LogP contribution in [0.15, 0.2) is 15.9 Å². The van der Waals surface area contributed by atoms with Crippen molar-refractivity contribution >= 4 is 27.3 Å². The molecule has 1 N–H and O–H groups in total. The first-order chi connectivity index (χ1) is 7.81. The lowest BCUT2D eigenvalue weighted by molar-refractivity contribution is 0.0398. The highest BCUT2D eigenvalue weighted by Gasteiger charge is 2.25. The zero-order chi connectivity index (χ0) is 11.4. The van der Waals surface area contributed by atoms with E-state index in [0.29, 0.717) is 12.0 Å². The molecule has 2 rings (SSSR count). The smallest absolute Gasteiger partial charge is 0.0701 e. The van der Waals surface area contributed by atoms with Crippen molar-refractivity contribution in [2.24, 2.45) is 5.92 Å². The Morgan fingerprint density at radius 1 is 1.62 bits per heavy atom. The molecule has 2 unspecified atom stereocenters. The molecule has 2 atom stereocenters. The van der Waals surface area contributed by atoms with Crippen molar-refractivity contribution in [3.63, 3.8) is 0 Å². The summed E-state index contributed by atoms with van der Waals surface area (Å²) in [6.07, 6.45) is 2.46. The highest BCUT2D eigenvalue weighted by atomic mass is 79.9. The molecule has 0 aromatic carbocycles. The van der Waals surface area contributed by atoms with Crippen LogP contribution >= 0.6 is 27.3 Å². The van der Waals surface area contributed by atoms with Gasteiger partial charge in [-0.3, -0.25) is 0 Å². The number of thiophene rings is 1. The van der Waals surface area contributed by atoms with Gasteiger partial charge in [0, 0.05) is 23.4 Å². The number of hydrogen-bond acceptors (Lipinski definition) is 3. The van der Waals surface area contributed by atoms with Crippen LogP contribution in [0.5, 0.6) is 0 Å². The van der Waals surface area contributed by atoms with Crippen molar-refractivity contribution in [1.29, 1.82) is 0 Å². The molecule has 90 valence electrons. The second kappa shape index (κ2) is 6.15. The van der Waals surface area contributed by atoms with Gasteiger partial charge < -0.3 is 10.1 Å². The molecule has 1 saturated heterocycles. The third-order valence-corrected chi connectivity index (χ3v) is 4.70. The van der Waals surface area contributed by atoms with Gasteiger partial charge in [0.1, 0.15) is 0 Å².